The quantitative estimate of drug-likeness (QED) is 0.672. The van der Waals surface area contributed by atoms with Crippen LogP contribution in [0.15, 0.2) is 0 Å². The van der Waals surface area contributed by atoms with Crippen LogP contribution >= 0.6 is 11.6 Å². The van der Waals surface area contributed by atoms with Crippen molar-refractivity contribution in [1.82, 2.24) is 0 Å². The second-order valence-electron chi connectivity index (χ2n) is 6.93. The van der Waals surface area contributed by atoms with Crippen molar-refractivity contribution in [3.63, 3.8) is 0 Å². The summed E-state index contributed by atoms with van der Waals surface area (Å²) in [4.78, 5) is 0. The Kier molecular flexibility index (Phi) is 3.19. The summed E-state index contributed by atoms with van der Waals surface area (Å²) in [6.07, 6.45) is 12.4. The normalized spacial score (nSPS) is 35.3. The third kappa shape index (κ3) is 2.38. The zero-order valence-electron chi connectivity index (χ0n) is 11.0. The minimum atomic E-state index is 0.293. The molecule has 17 heavy (non-hydrogen) atoms. The van der Waals surface area contributed by atoms with Crippen molar-refractivity contribution in [2.24, 2.45) is 11.3 Å². The maximum absolute atomic E-state index is 6.43. The predicted molar refractivity (Wildman–Crippen MR) is 71.5 cm³/mol. The smallest absolute Gasteiger partial charge is 0.0687 e. The summed E-state index contributed by atoms with van der Waals surface area (Å²) in [5.74, 6) is 1.69. The van der Waals surface area contributed by atoms with Crippen LogP contribution in [0.25, 0.3) is 0 Å². The van der Waals surface area contributed by atoms with Crippen molar-refractivity contribution < 1.29 is 4.74 Å². The standard InChI is InChI=1S/C15H25ClO/c1-14(11-16,12-4-5-12)10-13-6-9-15(17-13)7-2-3-8-15/h12-13H,2-11H2,1H3. The van der Waals surface area contributed by atoms with Crippen LogP contribution in [0.4, 0.5) is 0 Å². The summed E-state index contributed by atoms with van der Waals surface area (Å²) in [5.41, 5.74) is 0.637. The van der Waals surface area contributed by atoms with Crippen LogP contribution in [0.3, 0.4) is 0 Å². The van der Waals surface area contributed by atoms with Crippen LogP contribution in [0.2, 0.25) is 0 Å². The first-order chi connectivity index (χ1) is 8.16. The lowest BCUT2D eigenvalue weighted by Crippen LogP contribution is -2.30. The highest BCUT2D eigenvalue weighted by molar-refractivity contribution is 6.18. The molecule has 2 heteroatoms. The number of hydrogen-bond acceptors (Lipinski definition) is 1. The Morgan fingerprint density at radius 1 is 1.18 bits per heavy atom. The molecular formula is C15H25ClO. The van der Waals surface area contributed by atoms with Crippen molar-refractivity contribution in [2.75, 3.05) is 5.88 Å². The van der Waals surface area contributed by atoms with E-state index in [1.54, 1.807) is 0 Å². The summed E-state index contributed by atoms with van der Waals surface area (Å²) in [6, 6.07) is 0. The molecule has 1 saturated heterocycles. The molecule has 1 spiro atoms. The van der Waals surface area contributed by atoms with Gasteiger partial charge >= 0.3 is 0 Å². The zero-order chi connectivity index (χ0) is 11.9. The molecule has 3 fully saturated rings. The van der Waals surface area contributed by atoms with Crippen LogP contribution in [0.5, 0.6) is 0 Å². The Morgan fingerprint density at radius 3 is 2.47 bits per heavy atom. The average molecular weight is 257 g/mol. The molecule has 3 rings (SSSR count). The predicted octanol–water partition coefficient (Wildman–Crippen LogP) is 4.52. The molecule has 98 valence electrons. The molecule has 2 atom stereocenters. The van der Waals surface area contributed by atoms with Gasteiger partial charge in [-0.05, 0) is 56.3 Å². The lowest BCUT2D eigenvalue weighted by Gasteiger charge is -2.31. The highest BCUT2D eigenvalue weighted by Crippen LogP contribution is 2.52. The van der Waals surface area contributed by atoms with E-state index in [9.17, 15) is 0 Å². The van der Waals surface area contributed by atoms with Crippen LogP contribution in [0, 0.1) is 11.3 Å². The summed E-state index contributed by atoms with van der Waals surface area (Å²) in [7, 11) is 0. The van der Waals surface area contributed by atoms with E-state index in [0.717, 1.165) is 11.8 Å². The molecule has 2 unspecified atom stereocenters. The van der Waals surface area contributed by atoms with Gasteiger partial charge < -0.3 is 4.74 Å². The monoisotopic (exact) mass is 256 g/mol. The lowest BCUT2D eigenvalue weighted by molar-refractivity contribution is -0.0519. The topological polar surface area (TPSA) is 9.23 Å². The fraction of sp³-hybridized carbons (Fsp3) is 1.00. The number of halogens is 1. The largest absolute Gasteiger partial charge is 0.372 e. The molecule has 0 N–H and O–H groups in total. The van der Waals surface area contributed by atoms with E-state index >= 15 is 0 Å². The molecule has 0 amide bonds. The first-order valence-electron chi connectivity index (χ1n) is 7.40. The molecule has 0 aromatic carbocycles. The number of rotatable bonds is 4. The van der Waals surface area contributed by atoms with Gasteiger partial charge in [0.25, 0.3) is 0 Å². The Labute approximate surface area is 110 Å². The fourth-order valence-corrected chi connectivity index (χ4v) is 4.38. The van der Waals surface area contributed by atoms with E-state index in [0.29, 0.717) is 17.1 Å². The molecule has 2 saturated carbocycles. The summed E-state index contributed by atoms with van der Waals surface area (Å²) >= 11 is 6.22. The van der Waals surface area contributed by atoms with Crippen molar-refractivity contribution in [3.8, 4) is 0 Å². The van der Waals surface area contributed by atoms with Gasteiger partial charge in [-0.25, -0.2) is 0 Å². The van der Waals surface area contributed by atoms with Crippen molar-refractivity contribution >= 4 is 11.6 Å². The van der Waals surface area contributed by atoms with Crippen LogP contribution in [-0.4, -0.2) is 17.6 Å². The maximum atomic E-state index is 6.43. The summed E-state index contributed by atoms with van der Waals surface area (Å²) < 4.78 is 6.43. The molecular weight excluding hydrogens is 232 g/mol. The molecule has 0 bridgehead atoms. The number of hydrogen-bond donors (Lipinski definition) is 0. The molecule has 0 radical (unpaired) electrons. The Hall–Kier alpha value is 0.250. The Bertz CT molecular complexity index is 281. The van der Waals surface area contributed by atoms with Crippen LogP contribution in [-0.2, 0) is 4.74 Å². The van der Waals surface area contributed by atoms with Crippen molar-refractivity contribution in [3.05, 3.63) is 0 Å². The van der Waals surface area contributed by atoms with Gasteiger partial charge in [-0.1, -0.05) is 19.8 Å². The van der Waals surface area contributed by atoms with E-state index in [4.69, 9.17) is 16.3 Å². The zero-order valence-corrected chi connectivity index (χ0v) is 11.8. The average Bonchev–Trinajstić information content (AvgIpc) is 3.00. The van der Waals surface area contributed by atoms with Gasteiger partial charge in [0, 0.05) is 5.88 Å². The van der Waals surface area contributed by atoms with E-state index in [1.165, 1.54) is 57.8 Å². The highest BCUT2D eigenvalue weighted by atomic mass is 35.5. The van der Waals surface area contributed by atoms with Gasteiger partial charge in [-0.3, -0.25) is 0 Å². The van der Waals surface area contributed by atoms with Crippen molar-refractivity contribution in [1.29, 1.82) is 0 Å². The molecule has 3 aliphatic rings. The SMILES string of the molecule is CC(CCl)(CC1CCC2(CCCC2)O1)C1CC1. The van der Waals surface area contributed by atoms with Gasteiger partial charge in [-0.15, -0.1) is 11.6 Å². The fourth-order valence-electron chi connectivity index (χ4n) is 4.06. The minimum absolute atomic E-state index is 0.293. The van der Waals surface area contributed by atoms with Gasteiger partial charge in [-0.2, -0.15) is 0 Å². The molecule has 1 heterocycles. The van der Waals surface area contributed by atoms with Gasteiger partial charge in [0.2, 0.25) is 0 Å². The summed E-state index contributed by atoms with van der Waals surface area (Å²) in [5, 5.41) is 0. The second-order valence-corrected chi connectivity index (χ2v) is 7.20. The Morgan fingerprint density at radius 2 is 1.88 bits per heavy atom. The van der Waals surface area contributed by atoms with Crippen LogP contribution < -0.4 is 0 Å². The second kappa shape index (κ2) is 4.42. The first kappa shape index (κ1) is 12.3. The van der Waals surface area contributed by atoms with Gasteiger partial charge in [0.1, 0.15) is 0 Å². The van der Waals surface area contributed by atoms with E-state index in [1.807, 2.05) is 0 Å². The molecule has 0 aromatic heterocycles. The summed E-state index contributed by atoms with van der Waals surface area (Å²) in [6.45, 7) is 2.38. The van der Waals surface area contributed by atoms with Crippen LogP contribution in [0.1, 0.15) is 64.7 Å². The molecule has 2 aliphatic carbocycles. The van der Waals surface area contributed by atoms with E-state index < -0.39 is 0 Å². The number of alkyl halides is 1. The van der Waals surface area contributed by atoms with Gasteiger partial charge in [0.05, 0.1) is 11.7 Å². The maximum Gasteiger partial charge on any atom is 0.0687 e. The third-order valence-electron chi connectivity index (χ3n) is 5.42. The molecule has 1 nitrogen and oxygen atoms in total. The highest BCUT2D eigenvalue weighted by Gasteiger charge is 2.47. The molecule has 0 aromatic rings. The van der Waals surface area contributed by atoms with Gasteiger partial charge in [0.15, 0.2) is 0 Å². The van der Waals surface area contributed by atoms with E-state index in [-0.39, 0.29) is 0 Å². The third-order valence-corrected chi connectivity index (χ3v) is 6.03. The number of ether oxygens (including phenoxy) is 1. The lowest BCUT2D eigenvalue weighted by atomic mass is 9.81. The minimum Gasteiger partial charge on any atom is -0.372 e. The Balaban J connectivity index is 1.59. The van der Waals surface area contributed by atoms with Crippen molar-refractivity contribution in [2.45, 2.75) is 76.4 Å². The van der Waals surface area contributed by atoms with E-state index in [2.05, 4.69) is 6.92 Å². The molecule has 1 aliphatic heterocycles. The first-order valence-corrected chi connectivity index (χ1v) is 7.93.